The summed E-state index contributed by atoms with van der Waals surface area (Å²) in [5.74, 6) is -0.327. The predicted molar refractivity (Wildman–Crippen MR) is 112 cm³/mol. The highest BCUT2D eigenvalue weighted by Crippen LogP contribution is 2.12. The summed E-state index contributed by atoms with van der Waals surface area (Å²) >= 11 is 1.43. The molecule has 4 rings (SSSR count). The lowest BCUT2D eigenvalue weighted by Gasteiger charge is -2.11. The summed E-state index contributed by atoms with van der Waals surface area (Å²) in [6, 6.07) is 10.7. The fourth-order valence-corrected chi connectivity index (χ4v) is 4.20. The molecule has 1 fully saturated rings. The molecule has 2 amide bonds. The van der Waals surface area contributed by atoms with Crippen LogP contribution in [0.25, 0.3) is 0 Å². The van der Waals surface area contributed by atoms with Crippen molar-refractivity contribution in [3.05, 3.63) is 75.4 Å². The highest BCUT2D eigenvalue weighted by Gasteiger charge is 2.17. The first-order valence-electron chi connectivity index (χ1n) is 9.86. The molecule has 1 atom stereocenters. The maximum absolute atomic E-state index is 12.5. The van der Waals surface area contributed by atoms with Gasteiger partial charge in [-0.25, -0.2) is 0 Å². The van der Waals surface area contributed by atoms with Crippen LogP contribution in [0.4, 0.5) is 0 Å². The van der Waals surface area contributed by atoms with Gasteiger partial charge in [-0.1, -0.05) is 12.1 Å². The van der Waals surface area contributed by atoms with Crippen LogP contribution in [-0.2, 0) is 11.3 Å². The van der Waals surface area contributed by atoms with E-state index in [1.165, 1.54) is 17.6 Å². The van der Waals surface area contributed by atoms with E-state index in [-0.39, 0.29) is 17.8 Å². The highest BCUT2D eigenvalue weighted by molar-refractivity contribution is 7.09. The molecule has 1 aliphatic heterocycles. The third-order valence-corrected chi connectivity index (χ3v) is 5.76. The Morgan fingerprint density at radius 3 is 2.97 bits per heavy atom. The SMILES string of the molecule is Cc1cn(Cc2cccc(C(=O)NC[C@H]3CCCO3)c2)c(=NC(=O)c2ccco2)s1. The highest BCUT2D eigenvalue weighted by atomic mass is 32.1. The summed E-state index contributed by atoms with van der Waals surface area (Å²) in [5.41, 5.74) is 1.55. The molecule has 0 unspecified atom stereocenters. The Labute approximate surface area is 178 Å². The topological polar surface area (TPSA) is 85.8 Å². The zero-order chi connectivity index (χ0) is 20.9. The van der Waals surface area contributed by atoms with Crippen LogP contribution >= 0.6 is 11.3 Å². The normalized spacial score (nSPS) is 16.7. The van der Waals surface area contributed by atoms with Crippen molar-refractivity contribution >= 4 is 23.2 Å². The van der Waals surface area contributed by atoms with Gasteiger partial charge in [0.1, 0.15) is 0 Å². The monoisotopic (exact) mass is 425 g/mol. The van der Waals surface area contributed by atoms with Gasteiger partial charge in [0.15, 0.2) is 10.6 Å². The Bertz CT molecular complexity index is 1090. The van der Waals surface area contributed by atoms with Crippen molar-refractivity contribution < 1.29 is 18.7 Å². The van der Waals surface area contributed by atoms with Crippen LogP contribution in [0, 0.1) is 6.92 Å². The minimum atomic E-state index is -0.419. The number of hydrogen-bond donors (Lipinski definition) is 1. The Balaban J connectivity index is 1.49. The molecular formula is C22H23N3O4S. The first-order chi connectivity index (χ1) is 14.6. The van der Waals surface area contributed by atoms with Crippen molar-refractivity contribution in [3.8, 4) is 0 Å². The van der Waals surface area contributed by atoms with Crippen molar-refractivity contribution in [2.24, 2.45) is 4.99 Å². The number of nitrogens with zero attached hydrogens (tertiary/aromatic N) is 2. The van der Waals surface area contributed by atoms with E-state index in [1.54, 1.807) is 18.2 Å². The summed E-state index contributed by atoms with van der Waals surface area (Å²) < 4.78 is 12.6. The quantitative estimate of drug-likeness (QED) is 0.657. The van der Waals surface area contributed by atoms with Crippen molar-refractivity contribution in [1.82, 2.24) is 9.88 Å². The lowest BCUT2D eigenvalue weighted by Crippen LogP contribution is -2.31. The maximum atomic E-state index is 12.5. The average Bonchev–Trinajstić information content (AvgIpc) is 3.50. The Hall–Kier alpha value is -2.97. The molecule has 1 aromatic carbocycles. The number of ether oxygens (including phenoxy) is 1. The number of hydrogen-bond acceptors (Lipinski definition) is 5. The minimum absolute atomic E-state index is 0.109. The molecule has 0 radical (unpaired) electrons. The number of rotatable bonds is 6. The van der Waals surface area contributed by atoms with Crippen molar-refractivity contribution in [2.75, 3.05) is 13.2 Å². The molecule has 3 heterocycles. The third kappa shape index (κ3) is 4.95. The molecule has 156 valence electrons. The zero-order valence-electron chi connectivity index (χ0n) is 16.7. The van der Waals surface area contributed by atoms with Crippen molar-refractivity contribution in [2.45, 2.75) is 32.4 Å². The van der Waals surface area contributed by atoms with Gasteiger partial charge >= 0.3 is 5.91 Å². The van der Waals surface area contributed by atoms with E-state index in [1.807, 2.05) is 35.9 Å². The second-order valence-electron chi connectivity index (χ2n) is 7.19. The molecule has 7 nitrogen and oxygen atoms in total. The Morgan fingerprint density at radius 1 is 1.30 bits per heavy atom. The van der Waals surface area contributed by atoms with Crippen LogP contribution in [0.5, 0.6) is 0 Å². The van der Waals surface area contributed by atoms with E-state index in [2.05, 4.69) is 10.3 Å². The van der Waals surface area contributed by atoms with Gasteiger partial charge in [0.2, 0.25) is 0 Å². The molecule has 2 aromatic heterocycles. The standard InChI is InChI=1S/C22H23N3O4S/c1-15-13-25(22(30-15)24-21(27)19-8-4-10-29-19)14-16-5-2-6-17(11-16)20(26)23-12-18-7-3-9-28-18/h2,4-6,8,10-11,13,18H,3,7,9,12,14H2,1H3,(H,23,26)/t18-/m1/s1. The number of carbonyl (C=O) groups excluding carboxylic acids is 2. The minimum Gasteiger partial charge on any atom is -0.459 e. The van der Waals surface area contributed by atoms with E-state index < -0.39 is 5.91 Å². The second kappa shape index (κ2) is 9.23. The van der Waals surface area contributed by atoms with E-state index in [0.29, 0.717) is 23.5 Å². The van der Waals surface area contributed by atoms with E-state index in [0.717, 1.165) is 29.9 Å². The van der Waals surface area contributed by atoms with Gasteiger partial charge in [-0.05, 0) is 49.6 Å². The zero-order valence-corrected chi connectivity index (χ0v) is 17.5. The van der Waals surface area contributed by atoms with Crippen LogP contribution in [0.2, 0.25) is 0 Å². The van der Waals surface area contributed by atoms with Crippen molar-refractivity contribution in [1.29, 1.82) is 0 Å². The van der Waals surface area contributed by atoms with Gasteiger partial charge in [0.25, 0.3) is 5.91 Å². The van der Waals surface area contributed by atoms with Crippen LogP contribution in [0.1, 0.15) is 44.2 Å². The summed E-state index contributed by atoms with van der Waals surface area (Å²) in [6.45, 7) is 3.76. The summed E-state index contributed by atoms with van der Waals surface area (Å²) in [5, 5.41) is 2.95. The number of aryl methyl sites for hydroxylation is 1. The first-order valence-corrected chi connectivity index (χ1v) is 10.7. The lowest BCUT2D eigenvalue weighted by atomic mass is 10.1. The Morgan fingerprint density at radius 2 is 2.20 bits per heavy atom. The van der Waals surface area contributed by atoms with Gasteiger partial charge in [-0.3, -0.25) is 9.59 Å². The van der Waals surface area contributed by atoms with E-state index >= 15 is 0 Å². The lowest BCUT2D eigenvalue weighted by molar-refractivity contribution is 0.0857. The van der Waals surface area contributed by atoms with Gasteiger partial charge in [-0.15, -0.1) is 11.3 Å². The van der Waals surface area contributed by atoms with Crippen LogP contribution in [-0.4, -0.2) is 35.6 Å². The third-order valence-electron chi connectivity index (χ3n) is 4.82. The number of carbonyl (C=O) groups is 2. The van der Waals surface area contributed by atoms with E-state index in [9.17, 15) is 9.59 Å². The Kier molecular flexibility index (Phi) is 6.25. The predicted octanol–water partition coefficient (Wildman–Crippen LogP) is 3.15. The van der Waals surface area contributed by atoms with Crippen LogP contribution < -0.4 is 10.1 Å². The molecule has 1 saturated heterocycles. The number of amides is 2. The molecular weight excluding hydrogens is 402 g/mol. The number of furan rings is 1. The second-order valence-corrected chi connectivity index (χ2v) is 8.41. The largest absolute Gasteiger partial charge is 0.459 e. The number of benzene rings is 1. The maximum Gasteiger partial charge on any atom is 0.315 e. The average molecular weight is 426 g/mol. The molecule has 0 spiro atoms. The summed E-state index contributed by atoms with van der Waals surface area (Å²) in [6.07, 6.45) is 5.53. The summed E-state index contributed by atoms with van der Waals surface area (Å²) in [7, 11) is 0. The molecule has 1 aliphatic rings. The molecule has 1 N–H and O–H groups in total. The van der Waals surface area contributed by atoms with Gasteiger partial charge in [0, 0.05) is 36.3 Å². The smallest absolute Gasteiger partial charge is 0.315 e. The molecule has 8 heteroatoms. The fraction of sp³-hybridized carbons (Fsp3) is 0.318. The van der Waals surface area contributed by atoms with Crippen LogP contribution in [0.15, 0.2) is 58.3 Å². The molecule has 0 bridgehead atoms. The van der Waals surface area contributed by atoms with Gasteiger partial charge in [-0.2, -0.15) is 4.99 Å². The first kappa shape index (κ1) is 20.3. The van der Waals surface area contributed by atoms with Gasteiger partial charge in [0.05, 0.1) is 12.4 Å². The molecule has 30 heavy (non-hydrogen) atoms. The van der Waals surface area contributed by atoms with Crippen molar-refractivity contribution in [3.63, 3.8) is 0 Å². The van der Waals surface area contributed by atoms with Crippen LogP contribution in [0.3, 0.4) is 0 Å². The molecule has 3 aromatic rings. The number of nitrogens with one attached hydrogen (secondary N) is 1. The van der Waals surface area contributed by atoms with E-state index in [4.69, 9.17) is 9.15 Å². The molecule has 0 aliphatic carbocycles. The molecule has 0 saturated carbocycles. The number of aromatic nitrogens is 1. The number of thiazole rings is 1. The fourth-order valence-electron chi connectivity index (χ4n) is 3.37. The van der Waals surface area contributed by atoms with Gasteiger partial charge < -0.3 is 19.0 Å². The summed E-state index contributed by atoms with van der Waals surface area (Å²) in [4.78, 5) is 30.6.